The van der Waals surface area contributed by atoms with Gasteiger partial charge < -0.3 is 5.32 Å². The largest absolute Gasteiger partial charge is 0.350 e. The second kappa shape index (κ2) is 6.16. The number of thiazole rings is 1. The Kier molecular flexibility index (Phi) is 4.54. The van der Waals surface area contributed by atoms with Gasteiger partial charge >= 0.3 is 0 Å². The first-order valence-electron chi connectivity index (χ1n) is 6.77. The molecule has 0 radical (unpaired) electrons. The normalized spacial score (nSPS) is 18.3. The van der Waals surface area contributed by atoms with Gasteiger partial charge in [0.25, 0.3) is 0 Å². The number of aryl methyl sites for hydroxylation is 1. The molecule has 0 aromatic carbocycles. The van der Waals surface area contributed by atoms with Crippen molar-refractivity contribution in [2.24, 2.45) is 5.41 Å². The van der Waals surface area contributed by atoms with Crippen molar-refractivity contribution in [2.75, 3.05) is 0 Å². The predicted molar refractivity (Wildman–Crippen MR) is 74.4 cm³/mol. The van der Waals surface area contributed by atoms with Gasteiger partial charge in [0.1, 0.15) is 5.41 Å². The van der Waals surface area contributed by atoms with Gasteiger partial charge in [0.2, 0.25) is 5.91 Å². The number of amides is 1. The highest BCUT2D eigenvalue weighted by molar-refractivity contribution is 7.11. The van der Waals surface area contributed by atoms with E-state index in [1.807, 2.05) is 6.92 Å². The average Bonchev–Trinajstić information content (AvgIpc) is 2.69. The lowest BCUT2D eigenvalue weighted by atomic mass is 9.81. The maximum Gasteiger partial charge on any atom is 0.240 e. The summed E-state index contributed by atoms with van der Waals surface area (Å²) >= 11 is 1.58. The van der Waals surface area contributed by atoms with Crippen LogP contribution in [0.3, 0.4) is 0 Å². The summed E-state index contributed by atoms with van der Waals surface area (Å²) in [5.74, 6) is -0.108. The van der Waals surface area contributed by atoms with Crippen LogP contribution >= 0.6 is 11.3 Å². The van der Waals surface area contributed by atoms with Crippen LogP contribution in [0.1, 0.15) is 48.4 Å². The molecule has 102 valence electrons. The monoisotopic (exact) mass is 277 g/mol. The summed E-state index contributed by atoms with van der Waals surface area (Å²) in [6.45, 7) is 2.42. The quantitative estimate of drug-likeness (QED) is 0.864. The molecule has 5 heteroatoms. The van der Waals surface area contributed by atoms with Crippen LogP contribution in [0.4, 0.5) is 0 Å². The molecule has 0 aliphatic heterocycles. The average molecular weight is 277 g/mol. The smallest absolute Gasteiger partial charge is 0.240 e. The SMILES string of the molecule is Cc1ncc(CNC(=O)C2(C#N)CCCCCC2)s1. The fourth-order valence-electron chi connectivity index (χ4n) is 2.55. The van der Waals surface area contributed by atoms with Crippen molar-refractivity contribution < 1.29 is 4.79 Å². The summed E-state index contributed by atoms with van der Waals surface area (Å²) in [5.41, 5.74) is -0.809. The first-order valence-corrected chi connectivity index (χ1v) is 7.59. The Bertz CT molecular complexity index is 481. The van der Waals surface area contributed by atoms with Crippen LogP contribution in [-0.2, 0) is 11.3 Å². The van der Waals surface area contributed by atoms with Crippen molar-refractivity contribution in [3.63, 3.8) is 0 Å². The minimum Gasteiger partial charge on any atom is -0.350 e. The van der Waals surface area contributed by atoms with Gasteiger partial charge in [-0.1, -0.05) is 25.7 Å². The highest BCUT2D eigenvalue weighted by Gasteiger charge is 2.38. The zero-order chi connectivity index (χ0) is 13.7. The van der Waals surface area contributed by atoms with Crippen LogP contribution in [0.2, 0.25) is 0 Å². The molecule has 1 heterocycles. The zero-order valence-electron chi connectivity index (χ0n) is 11.2. The van der Waals surface area contributed by atoms with E-state index >= 15 is 0 Å². The fourth-order valence-corrected chi connectivity index (χ4v) is 3.28. The first kappa shape index (κ1) is 14.0. The molecule has 1 amide bonds. The van der Waals surface area contributed by atoms with E-state index in [-0.39, 0.29) is 5.91 Å². The van der Waals surface area contributed by atoms with Crippen molar-refractivity contribution in [3.8, 4) is 6.07 Å². The molecule has 2 rings (SSSR count). The summed E-state index contributed by atoms with van der Waals surface area (Å²) < 4.78 is 0. The molecule has 0 bridgehead atoms. The van der Waals surface area contributed by atoms with Gasteiger partial charge in [-0.05, 0) is 19.8 Å². The minimum atomic E-state index is -0.809. The molecular formula is C14H19N3OS. The van der Waals surface area contributed by atoms with Gasteiger partial charge in [-0.15, -0.1) is 11.3 Å². The first-order chi connectivity index (χ1) is 9.16. The summed E-state index contributed by atoms with van der Waals surface area (Å²) in [7, 11) is 0. The lowest BCUT2D eigenvalue weighted by Gasteiger charge is -2.23. The number of rotatable bonds is 3. The van der Waals surface area contributed by atoms with E-state index in [9.17, 15) is 10.1 Å². The van der Waals surface area contributed by atoms with E-state index in [0.29, 0.717) is 19.4 Å². The predicted octanol–water partition coefficient (Wildman–Crippen LogP) is 2.93. The van der Waals surface area contributed by atoms with Crippen LogP contribution in [0.15, 0.2) is 6.20 Å². The number of nitrogens with one attached hydrogen (secondary N) is 1. The maximum atomic E-state index is 12.3. The molecule has 0 saturated heterocycles. The van der Waals surface area contributed by atoms with Crippen molar-refractivity contribution in [1.82, 2.24) is 10.3 Å². The molecular weight excluding hydrogens is 258 g/mol. The second-order valence-corrected chi connectivity index (χ2v) is 6.46. The minimum absolute atomic E-state index is 0.108. The van der Waals surface area contributed by atoms with Crippen molar-refractivity contribution in [2.45, 2.75) is 52.0 Å². The van der Waals surface area contributed by atoms with E-state index in [2.05, 4.69) is 16.4 Å². The third kappa shape index (κ3) is 3.32. The van der Waals surface area contributed by atoms with Crippen LogP contribution in [-0.4, -0.2) is 10.9 Å². The number of carbonyl (C=O) groups excluding carboxylic acids is 1. The lowest BCUT2D eigenvalue weighted by Crippen LogP contribution is -2.39. The Morgan fingerprint density at radius 3 is 2.68 bits per heavy atom. The van der Waals surface area contributed by atoms with Gasteiger partial charge in [-0.25, -0.2) is 4.98 Å². The third-order valence-corrected chi connectivity index (χ3v) is 4.61. The summed E-state index contributed by atoms with van der Waals surface area (Å²) in [6, 6.07) is 2.27. The highest BCUT2D eigenvalue weighted by atomic mass is 32.1. The number of nitrogens with zero attached hydrogens (tertiary/aromatic N) is 2. The van der Waals surface area contributed by atoms with E-state index in [1.54, 1.807) is 17.5 Å². The topological polar surface area (TPSA) is 65.8 Å². The van der Waals surface area contributed by atoms with Gasteiger partial charge in [-0.3, -0.25) is 4.79 Å². The maximum absolute atomic E-state index is 12.3. The number of nitriles is 1. The van der Waals surface area contributed by atoms with Crippen molar-refractivity contribution in [1.29, 1.82) is 5.26 Å². The second-order valence-electron chi connectivity index (χ2n) is 5.14. The van der Waals surface area contributed by atoms with Crippen molar-refractivity contribution in [3.05, 3.63) is 16.1 Å². The molecule has 1 aliphatic carbocycles. The Morgan fingerprint density at radius 1 is 1.47 bits per heavy atom. The van der Waals surface area contributed by atoms with Crippen LogP contribution in [0.25, 0.3) is 0 Å². The molecule has 1 aromatic rings. The molecule has 1 aliphatic rings. The summed E-state index contributed by atoms with van der Waals surface area (Å²) in [5, 5.41) is 13.3. The zero-order valence-corrected chi connectivity index (χ0v) is 12.1. The number of carbonyl (C=O) groups is 1. The number of hydrogen-bond donors (Lipinski definition) is 1. The molecule has 1 N–H and O–H groups in total. The van der Waals surface area contributed by atoms with Crippen LogP contribution in [0, 0.1) is 23.7 Å². The molecule has 1 saturated carbocycles. The van der Waals surface area contributed by atoms with Crippen LogP contribution < -0.4 is 5.32 Å². The van der Waals surface area contributed by atoms with Gasteiger partial charge in [-0.2, -0.15) is 5.26 Å². The van der Waals surface area contributed by atoms with Gasteiger partial charge in [0.05, 0.1) is 17.6 Å². The Morgan fingerprint density at radius 2 is 2.16 bits per heavy atom. The molecule has 0 unspecified atom stereocenters. The Labute approximate surface area is 117 Å². The van der Waals surface area contributed by atoms with E-state index in [0.717, 1.165) is 35.6 Å². The molecule has 1 fully saturated rings. The molecule has 0 atom stereocenters. The summed E-state index contributed by atoms with van der Waals surface area (Å²) in [4.78, 5) is 17.5. The molecule has 1 aromatic heterocycles. The van der Waals surface area contributed by atoms with E-state index < -0.39 is 5.41 Å². The van der Waals surface area contributed by atoms with Crippen molar-refractivity contribution >= 4 is 17.2 Å². The van der Waals surface area contributed by atoms with Gasteiger partial charge in [0, 0.05) is 11.1 Å². The van der Waals surface area contributed by atoms with E-state index in [4.69, 9.17) is 0 Å². The standard InChI is InChI=1S/C14H19N3OS/c1-11-16-8-12(19-11)9-17-13(18)14(10-15)6-4-2-3-5-7-14/h8H,2-7,9H2,1H3,(H,17,18). The molecule has 4 nitrogen and oxygen atoms in total. The Hall–Kier alpha value is -1.41. The summed E-state index contributed by atoms with van der Waals surface area (Å²) in [6.07, 6.45) is 7.37. The number of hydrogen-bond acceptors (Lipinski definition) is 4. The third-order valence-electron chi connectivity index (χ3n) is 3.70. The van der Waals surface area contributed by atoms with Gasteiger partial charge in [0.15, 0.2) is 0 Å². The fraction of sp³-hybridized carbons (Fsp3) is 0.643. The molecule has 0 spiro atoms. The molecule has 19 heavy (non-hydrogen) atoms. The van der Waals surface area contributed by atoms with E-state index in [1.165, 1.54) is 0 Å². The highest BCUT2D eigenvalue weighted by Crippen LogP contribution is 2.34. The van der Waals surface area contributed by atoms with Crippen LogP contribution in [0.5, 0.6) is 0 Å². The lowest BCUT2D eigenvalue weighted by molar-refractivity contribution is -0.128. The Balaban J connectivity index is 1.98. The number of aromatic nitrogens is 1.